The molecule has 0 radical (unpaired) electrons. The lowest BCUT2D eigenvalue weighted by molar-refractivity contribution is 0.0607. The van der Waals surface area contributed by atoms with E-state index in [9.17, 15) is 4.79 Å². The van der Waals surface area contributed by atoms with Gasteiger partial charge in [-0.1, -0.05) is 0 Å². The molecule has 1 heterocycles. The van der Waals surface area contributed by atoms with E-state index in [0.717, 1.165) is 18.1 Å². The van der Waals surface area contributed by atoms with Crippen LogP contribution in [0.2, 0.25) is 0 Å². The van der Waals surface area contributed by atoms with Crippen LogP contribution >= 0.6 is 11.3 Å². The van der Waals surface area contributed by atoms with Gasteiger partial charge in [0.1, 0.15) is 4.88 Å². The number of ether oxygens (including phenoxy) is 2. The molecule has 0 aliphatic heterocycles. The summed E-state index contributed by atoms with van der Waals surface area (Å²) in [6.07, 6.45) is 0. The van der Waals surface area contributed by atoms with Crippen LogP contribution in [0, 0.1) is 0 Å². The summed E-state index contributed by atoms with van der Waals surface area (Å²) in [6.45, 7) is 4.29. The van der Waals surface area contributed by atoms with Gasteiger partial charge in [0.25, 0.3) is 0 Å². The second-order valence-corrected chi connectivity index (χ2v) is 4.46. The van der Waals surface area contributed by atoms with Crippen LogP contribution in [0.25, 0.3) is 0 Å². The molecule has 0 aromatic carbocycles. The SMILES string of the molecule is CCN(CCOC)c1cc(N)c(C(=O)OC)s1. The minimum atomic E-state index is -0.387. The zero-order valence-electron chi connectivity index (χ0n) is 10.4. The van der Waals surface area contributed by atoms with Crippen LogP contribution in [0.5, 0.6) is 0 Å². The number of carbonyl (C=O) groups is 1. The van der Waals surface area contributed by atoms with Crippen LogP contribution in [0.3, 0.4) is 0 Å². The maximum absolute atomic E-state index is 11.4. The molecule has 0 aliphatic carbocycles. The van der Waals surface area contributed by atoms with Gasteiger partial charge in [-0.15, -0.1) is 11.3 Å². The summed E-state index contributed by atoms with van der Waals surface area (Å²) in [4.78, 5) is 14.0. The van der Waals surface area contributed by atoms with Gasteiger partial charge in [-0.05, 0) is 13.0 Å². The van der Waals surface area contributed by atoms with Crippen molar-refractivity contribution in [1.82, 2.24) is 0 Å². The monoisotopic (exact) mass is 258 g/mol. The van der Waals surface area contributed by atoms with Crippen molar-refractivity contribution < 1.29 is 14.3 Å². The van der Waals surface area contributed by atoms with Crippen LogP contribution in [0.4, 0.5) is 10.7 Å². The first-order valence-corrected chi connectivity index (χ1v) is 6.17. The first-order chi connectivity index (χ1) is 8.13. The number of thiophene rings is 1. The van der Waals surface area contributed by atoms with Crippen LogP contribution in [-0.2, 0) is 9.47 Å². The molecule has 0 bridgehead atoms. The number of nitrogens with zero attached hydrogens (tertiary/aromatic N) is 1. The van der Waals surface area contributed by atoms with Crippen molar-refractivity contribution in [2.24, 2.45) is 0 Å². The molecule has 17 heavy (non-hydrogen) atoms. The predicted molar refractivity (Wildman–Crippen MR) is 69.8 cm³/mol. The maximum Gasteiger partial charge on any atom is 0.350 e. The maximum atomic E-state index is 11.4. The summed E-state index contributed by atoms with van der Waals surface area (Å²) in [7, 11) is 3.01. The molecule has 0 fully saturated rings. The van der Waals surface area contributed by atoms with Crippen molar-refractivity contribution in [2.45, 2.75) is 6.92 Å². The Labute approximate surface area is 105 Å². The molecule has 0 saturated heterocycles. The van der Waals surface area contributed by atoms with Gasteiger partial charge >= 0.3 is 5.97 Å². The largest absolute Gasteiger partial charge is 0.465 e. The molecule has 0 saturated carbocycles. The number of hydrogen-bond donors (Lipinski definition) is 1. The third kappa shape index (κ3) is 3.34. The highest BCUT2D eigenvalue weighted by Gasteiger charge is 2.17. The van der Waals surface area contributed by atoms with E-state index in [1.807, 2.05) is 6.92 Å². The number of carbonyl (C=O) groups excluding carboxylic acids is 1. The Kier molecular flexibility index (Phi) is 5.24. The number of hydrogen-bond acceptors (Lipinski definition) is 6. The molecular formula is C11H18N2O3S. The first kappa shape index (κ1) is 13.8. The van der Waals surface area contributed by atoms with Crippen LogP contribution in [-0.4, -0.2) is 39.9 Å². The van der Waals surface area contributed by atoms with Crippen molar-refractivity contribution in [3.63, 3.8) is 0 Å². The zero-order chi connectivity index (χ0) is 12.8. The lowest BCUT2D eigenvalue weighted by Gasteiger charge is -2.20. The lowest BCUT2D eigenvalue weighted by atomic mass is 10.4. The summed E-state index contributed by atoms with van der Waals surface area (Å²) < 4.78 is 9.71. The fourth-order valence-electron chi connectivity index (χ4n) is 1.43. The number of methoxy groups -OCH3 is 2. The molecule has 5 nitrogen and oxygen atoms in total. The third-order valence-corrected chi connectivity index (χ3v) is 3.57. The van der Waals surface area contributed by atoms with E-state index in [-0.39, 0.29) is 5.97 Å². The Balaban J connectivity index is 2.86. The summed E-state index contributed by atoms with van der Waals surface area (Å²) in [5.41, 5.74) is 6.26. The molecular weight excluding hydrogens is 240 g/mol. The normalized spacial score (nSPS) is 10.3. The van der Waals surface area contributed by atoms with Crippen molar-refractivity contribution in [3.05, 3.63) is 10.9 Å². The second-order valence-electron chi connectivity index (χ2n) is 3.43. The molecule has 0 unspecified atom stereocenters. The Morgan fingerprint density at radius 1 is 1.53 bits per heavy atom. The second kappa shape index (κ2) is 6.46. The molecule has 2 N–H and O–H groups in total. The quantitative estimate of drug-likeness (QED) is 0.785. The van der Waals surface area contributed by atoms with Crippen LogP contribution in [0.1, 0.15) is 16.6 Å². The lowest BCUT2D eigenvalue weighted by Crippen LogP contribution is -2.25. The predicted octanol–water partition coefficient (Wildman–Crippen LogP) is 1.59. The number of likely N-dealkylation sites (N-methyl/N-ethyl adjacent to an activating group) is 1. The zero-order valence-corrected chi connectivity index (χ0v) is 11.2. The molecule has 1 rings (SSSR count). The average molecular weight is 258 g/mol. The molecule has 96 valence electrons. The Bertz CT molecular complexity index is 379. The minimum Gasteiger partial charge on any atom is -0.465 e. The molecule has 0 amide bonds. The number of anilines is 2. The van der Waals surface area contributed by atoms with Crippen molar-refractivity contribution in [3.8, 4) is 0 Å². The van der Waals surface area contributed by atoms with Crippen molar-refractivity contribution in [2.75, 3.05) is 44.5 Å². The van der Waals surface area contributed by atoms with E-state index in [1.54, 1.807) is 13.2 Å². The highest BCUT2D eigenvalue weighted by molar-refractivity contribution is 7.18. The highest BCUT2D eigenvalue weighted by Crippen LogP contribution is 2.32. The summed E-state index contributed by atoms with van der Waals surface area (Å²) in [5.74, 6) is -0.387. The van der Waals surface area contributed by atoms with E-state index in [0.29, 0.717) is 17.2 Å². The van der Waals surface area contributed by atoms with E-state index in [2.05, 4.69) is 9.64 Å². The van der Waals surface area contributed by atoms with Gasteiger partial charge in [0, 0.05) is 20.2 Å². The summed E-state index contributed by atoms with van der Waals surface area (Å²) in [6, 6.07) is 1.80. The molecule has 1 aromatic rings. The fraction of sp³-hybridized carbons (Fsp3) is 0.545. The molecule has 0 spiro atoms. The Hall–Kier alpha value is -1.27. The van der Waals surface area contributed by atoms with Gasteiger partial charge in [0.15, 0.2) is 0 Å². The van der Waals surface area contributed by atoms with Gasteiger partial charge in [0.05, 0.1) is 24.4 Å². The standard InChI is InChI=1S/C11H18N2O3S/c1-4-13(5-6-15-2)9-7-8(12)10(17-9)11(14)16-3/h7H,4-6,12H2,1-3H3. The van der Waals surface area contributed by atoms with Crippen molar-refractivity contribution in [1.29, 1.82) is 0 Å². The average Bonchev–Trinajstić information content (AvgIpc) is 2.71. The van der Waals surface area contributed by atoms with Gasteiger partial charge in [-0.3, -0.25) is 0 Å². The van der Waals surface area contributed by atoms with Crippen LogP contribution in [0.15, 0.2) is 6.07 Å². The third-order valence-electron chi connectivity index (χ3n) is 2.38. The topological polar surface area (TPSA) is 64.8 Å². The summed E-state index contributed by atoms with van der Waals surface area (Å²) >= 11 is 1.35. The molecule has 0 aliphatic rings. The van der Waals surface area contributed by atoms with Crippen LogP contribution < -0.4 is 10.6 Å². The molecule has 1 aromatic heterocycles. The number of rotatable bonds is 6. The number of esters is 1. The number of nitrogen functional groups attached to an aromatic ring is 1. The van der Waals surface area contributed by atoms with E-state index >= 15 is 0 Å². The minimum absolute atomic E-state index is 0.387. The Morgan fingerprint density at radius 2 is 2.24 bits per heavy atom. The highest BCUT2D eigenvalue weighted by atomic mass is 32.1. The summed E-state index contributed by atoms with van der Waals surface area (Å²) in [5, 5.41) is 0.961. The van der Waals surface area contributed by atoms with E-state index in [4.69, 9.17) is 10.5 Å². The Morgan fingerprint density at radius 3 is 2.76 bits per heavy atom. The van der Waals surface area contributed by atoms with Gasteiger partial charge in [-0.25, -0.2) is 4.79 Å². The van der Waals surface area contributed by atoms with Gasteiger partial charge in [-0.2, -0.15) is 0 Å². The van der Waals surface area contributed by atoms with Gasteiger partial charge in [0.2, 0.25) is 0 Å². The number of nitrogens with two attached hydrogens (primary N) is 1. The van der Waals surface area contributed by atoms with E-state index in [1.165, 1.54) is 18.4 Å². The van der Waals surface area contributed by atoms with Gasteiger partial charge < -0.3 is 20.1 Å². The van der Waals surface area contributed by atoms with E-state index < -0.39 is 0 Å². The fourth-order valence-corrected chi connectivity index (χ4v) is 2.51. The first-order valence-electron chi connectivity index (χ1n) is 5.35. The molecule has 0 atom stereocenters. The van der Waals surface area contributed by atoms with Crippen molar-refractivity contribution >= 4 is 28.0 Å². The smallest absolute Gasteiger partial charge is 0.350 e. The molecule has 6 heteroatoms.